The third kappa shape index (κ3) is 1.90. The molecule has 1 atom stereocenters. The van der Waals surface area contributed by atoms with Crippen molar-refractivity contribution in [3.05, 3.63) is 28.8 Å². The van der Waals surface area contributed by atoms with Crippen LogP contribution in [0.15, 0.2) is 12.1 Å². The highest BCUT2D eigenvalue weighted by Crippen LogP contribution is 2.41. The second kappa shape index (κ2) is 4.06. The highest BCUT2D eigenvalue weighted by molar-refractivity contribution is 5.92. The molecule has 0 N–H and O–H groups in total. The largest absolute Gasteiger partial charge is 0.487 e. The van der Waals surface area contributed by atoms with E-state index < -0.39 is 0 Å². The second-order valence-corrected chi connectivity index (χ2v) is 4.81. The number of hydrogen-bond acceptors (Lipinski definition) is 3. The van der Waals surface area contributed by atoms with Gasteiger partial charge < -0.3 is 9.47 Å². The summed E-state index contributed by atoms with van der Waals surface area (Å²) >= 11 is 0. The van der Waals surface area contributed by atoms with E-state index in [4.69, 9.17) is 9.47 Å². The molecule has 17 heavy (non-hydrogen) atoms. The fraction of sp³-hybridized carbons (Fsp3) is 0.500. The van der Waals surface area contributed by atoms with E-state index in [0.29, 0.717) is 5.56 Å². The minimum Gasteiger partial charge on any atom is -0.487 e. The molecule has 2 rings (SSSR count). The van der Waals surface area contributed by atoms with Crippen LogP contribution in [0.25, 0.3) is 0 Å². The maximum Gasteiger partial charge on any atom is 0.338 e. The van der Waals surface area contributed by atoms with Crippen molar-refractivity contribution in [2.24, 2.45) is 0 Å². The normalized spacial score (nSPS) is 21.9. The van der Waals surface area contributed by atoms with Gasteiger partial charge in [-0.1, -0.05) is 13.0 Å². The topological polar surface area (TPSA) is 35.5 Å². The number of aryl methyl sites for hydroxylation is 1. The van der Waals surface area contributed by atoms with Gasteiger partial charge in [0.15, 0.2) is 0 Å². The van der Waals surface area contributed by atoms with Crippen LogP contribution >= 0.6 is 0 Å². The fourth-order valence-corrected chi connectivity index (χ4v) is 2.22. The third-order valence-electron chi connectivity index (χ3n) is 3.51. The monoisotopic (exact) mass is 234 g/mol. The van der Waals surface area contributed by atoms with Gasteiger partial charge >= 0.3 is 5.97 Å². The smallest absolute Gasteiger partial charge is 0.338 e. The standard InChI is InChI=1S/C14H18O3/c1-5-14(3)8-11-10(13(15)16-4)7-6-9(2)12(11)17-14/h6-7H,5,8H2,1-4H3. The summed E-state index contributed by atoms with van der Waals surface area (Å²) in [6, 6.07) is 3.73. The number of carbonyl (C=O) groups excluding carboxylic acids is 1. The lowest BCUT2D eigenvalue weighted by Crippen LogP contribution is -2.29. The van der Waals surface area contributed by atoms with E-state index in [1.165, 1.54) is 7.11 Å². The molecule has 0 saturated carbocycles. The molecule has 0 amide bonds. The summed E-state index contributed by atoms with van der Waals surface area (Å²) in [6.07, 6.45) is 1.69. The first-order valence-corrected chi connectivity index (χ1v) is 5.90. The Bertz CT molecular complexity index is 465. The maximum absolute atomic E-state index is 11.7. The first kappa shape index (κ1) is 12.0. The van der Waals surface area contributed by atoms with Gasteiger partial charge in [-0.05, 0) is 31.9 Å². The van der Waals surface area contributed by atoms with E-state index in [0.717, 1.165) is 29.7 Å². The van der Waals surface area contributed by atoms with Crippen molar-refractivity contribution in [2.75, 3.05) is 7.11 Å². The molecule has 3 heteroatoms. The summed E-state index contributed by atoms with van der Waals surface area (Å²) < 4.78 is 10.8. The van der Waals surface area contributed by atoms with Gasteiger partial charge in [0.05, 0.1) is 12.7 Å². The summed E-state index contributed by atoms with van der Waals surface area (Å²) in [4.78, 5) is 11.7. The Kier molecular flexibility index (Phi) is 2.86. The molecule has 1 aliphatic rings. The molecule has 0 aromatic heterocycles. The molecule has 0 fully saturated rings. The average Bonchev–Trinajstić information content (AvgIpc) is 2.68. The van der Waals surface area contributed by atoms with Crippen molar-refractivity contribution in [3.63, 3.8) is 0 Å². The van der Waals surface area contributed by atoms with Gasteiger partial charge in [-0.2, -0.15) is 0 Å². The van der Waals surface area contributed by atoms with Gasteiger partial charge in [-0.25, -0.2) is 4.79 Å². The molecule has 3 nitrogen and oxygen atoms in total. The van der Waals surface area contributed by atoms with E-state index in [9.17, 15) is 4.79 Å². The molecule has 0 aliphatic carbocycles. The molecule has 0 saturated heterocycles. The molecule has 92 valence electrons. The highest BCUT2D eigenvalue weighted by atomic mass is 16.5. The Labute approximate surface area is 102 Å². The Morgan fingerprint density at radius 1 is 1.53 bits per heavy atom. The van der Waals surface area contributed by atoms with Crippen LogP contribution in [0.5, 0.6) is 5.75 Å². The summed E-state index contributed by atoms with van der Waals surface area (Å²) in [6.45, 7) is 6.17. The SMILES string of the molecule is CCC1(C)Cc2c(C(=O)OC)ccc(C)c2O1. The van der Waals surface area contributed by atoms with Crippen molar-refractivity contribution in [1.29, 1.82) is 0 Å². The second-order valence-electron chi connectivity index (χ2n) is 4.81. The molecule has 1 aromatic carbocycles. The van der Waals surface area contributed by atoms with Crippen LogP contribution < -0.4 is 4.74 Å². The quantitative estimate of drug-likeness (QED) is 0.738. The van der Waals surface area contributed by atoms with Gasteiger partial charge in [-0.15, -0.1) is 0 Å². The van der Waals surface area contributed by atoms with Crippen LogP contribution in [0.1, 0.15) is 41.8 Å². The number of carbonyl (C=O) groups is 1. The van der Waals surface area contributed by atoms with Gasteiger partial charge in [0, 0.05) is 12.0 Å². The number of methoxy groups -OCH3 is 1. The maximum atomic E-state index is 11.7. The van der Waals surface area contributed by atoms with E-state index in [1.54, 1.807) is 0 Å². The van der Waals surface area contributed by atoms with Crippen LogP contribution in [0.3, 0.4) is 0 Å². The van der Waals surface area contributed by atoms with E-state index in [-0.39, 0.29) is 11.6 Å². The molecule has 1 aliphatic heterocycles. The van der Waals surface area contributed by atoms with E-state index >= 15 is 0 Å². The van der Waals surface area contributed by atoms with Gasteiger partial charge in [-0.3, -0.25) is 0 Å². The zero-order valence-electron chi connectivity index (χ0n) is 10.8. The summed E-state index contributed by atoms with van der Waals surface area (Å²) in [5.74, 6) is 0.572. The van der Waals surface area contributed by atoms with Gasteiger partial charge in [0.1, 0.15) is 11.4 Å². The molecule has 0 radical (unpaired) electrons. The summed E-state index contributed by atoms with van der Waals surface area (Å²) in [5, 5.41) is 0. The van der Waals surface area contributed by atoms with Crippen molar-refractivity contribution in [3.8, 4) is 5.75 Å². The van der Waals surface area contributed by atoms with Gasteiger partial charge in [0.2, 0.25) is 0 Å². The van der Waals surface area contributed by atoms with E-state index in [2.05, 4.69) is 13.8 Å². The van der Waals surface area contributed by atoms with Gasteiger partial charge in [0.25, 0.3) is 0 Å². The van der Waals surface area contributed by atoms with Crippen LogP contribution in [0.4, 0.5) is 0 Å². The average molecular weight is 234 g/mol. The number of benzene rings is 1. The van der Waals surface area contributed by atoms with Crippen LogP contribution in [0.2, 0.25) is 0 Å². The first-order chi connectivity index (χ1) is 8.00. The van der Waals surface area contributed by atoms with Crippen LogP contribution in [-0.4, -0.2) is 18.7 Å². The molecule has 1 aromatic rings. The lowest BCUT2D eigenvalue weighted by Gasteiger charge is -2.21. The number of ether oxygens (including phenoxy) is 2. The molecule has 1 heterocycles. The molecule has 0 bridgehead atoms. The Morgan fingerprint density at radius 2 is 2.24 bits per heavy atom. The summed E-state index contributed by atoms with van der Waals surface area (Å²) in [7, 11) is 1.41. The number of esters is 1. The Hall–Kier alpha value is -1.51. The predicted molar refractivity (Wildman–Crippen MR) is 65.5 cm³/mol. The molecular formula is C14H18O3. The van der Waals surface area contributed by atoms with Crippen LogP contribution in [0, 0.1) is 6.92 Å². The highest BCUT2D eigenvalue weighted by Gasteiger charge is 2.36. The zero-order valence-corrected chi connectivity index (χ0v) is 10.8. The predicted octanol–water partition coefficient (Wildman–Crippen LogP) is 2.89. The first-order valence-electron chi connectivity index (χ1n) is 5.90. The van der Waals surface area contributed by atoms with Crippen molar-refractivity contribution < 1.29 is 14.3 Å². The van der Waals surface area contributed by atoms with Crippen molar-refractivity contribution >= 4 is 5.97 Å². The summed E-state index contributed by atoms with van der Waals surface area (Å²) in [5.41, 5.74) is 2.49. The molecule has 0 spiro atoms. The molecular weight excluding hydrogens is 216 g/mol. The Balaban J connectivity index is 2.51. The third-order valence-corrected chi connectivity index (χ3v) is 3.51. The van der Waals surface area contributed by atoms with Crippen molar-refractivity contribution in [1.82, 2.24) is 0 Å². The number of fused-ring (bicyclic) bond motifs is 1. The fourth-order valence-electron chi connectivity index (χ4n) is 2.22. The minimum atomic E-state index is -0.287. The van der Waals surface area contributed by atoms with Crippen LogP contribution in [-0.2, 0) is 11.2 Å². The number of hydrogen-bond donors (Lipinski definition) is 0. The van der Waals surface area contributed by atoms with Crippen molar-refractivity contribution in [2.45, 2.75) is 39.2 Å². The molecule has 1 unspecified atom stereocenters. The minimum absolute atomic E-state index is 0.197. The lowest BCUT2D eigenvalue weighted by atomic mass is 9.93. The van der Waals surface area contributed by atoms with E-state index in [1.807, 2.05) is 19.1 Å². The zero-order chi connectivity index (χ0) is 12.6. The lowest BCUT2D eigenvalue weighted by molar-refractivity contribution is 0.0599. The number of rotatable bonds is 2. The Morgan fingerprint density at radius 3 is 2.82 bits per heavy atom.